The zero-order chi connectivity index (χ0) is 11.1. The summed E-state index contributed by atoms with van der Waals surface area (Å²) >= 11 is 5.39. The molecule has 2 saturated heterocycles. The molecule has 2 atom stereocenters. The molecule has 3 rings (SSSR count). The minimum atomic E-state index is 0.924. The number of likely N-dealkylation sites (tertiary alicyclic amines) is 2. The summed E-state index contributed by atoms with van der Waals surface area (Å²) in [7, 11) is 2.25. The predicted molar refractivity (Wildman–Crippen MR) is 71.8 cm³/mol. The van der Waals surface area contributed by atoms with Gasteiger partial charge in [-0.05, 0) is 40.9 Å². The molecule has 0 spiro atoms. The first-order valence-electron chi connectivity index (χ1n) is 5.84. The molecule has 0 N–H and O–H groups in total. The van der Waals surface area contributed by atoms with Gasteiger partial charge in [0.1, 0.15) is 0 Å². The first-order valence-corrected chi connectivity index (χ1v) is 7.52. The average Bonchev–Trinajstić information content (AvgIpc) is 2.81. The van der Waals surface area contributed by atoms with Crippen molar-refractivity contribution in [3.05, 3.63) is 20.8 Å². The fourth-order valence-corrected chi connectivity index (χ4v) is 4.60. The number of nitrogens with zero attached hydrogens (tertiary/aromatic N) is 2. The molecule has 88 valence electrons. The predicted octanol–water partition coefficient (Wildman–Crippen LogP) is 2.50. The van der Waals surface area contributed by atoms with E-state index >= 15 is 0 Å². The van der Waals surface area contributed by atoms with E-state index in [1.54, 1.807) is 0 Å². The van der Waals surface area contributed by atoms with E-state index in [4.69, 9.17) is 0 Å². The maximum Gasteiger partial charge on any atom is 0.0328 e. The van der Waals surface area contributed by atoms with Gasteiger partial charge in [0.2, 0.25) is 0 Å². The lowest BCUT2D eigenvalue weighted by Gasteiger charge is -2.17. The molecule has 0 aromatic carbocycles. The minimum absolute atomic E-state index is 0.924. The first-order chi connectivity index (χ1) is 7.70. The molecule has 16 heavy (non-hydrogen) atoms. The van der Waals surface area contributed by atoms with Gasteiger partial charge in [0.05, 0.1) is 0 Å². The van der Waals surface area contributed by atoms with Gasteiger partial charge in [-0.15, -0.1) is 11.3 Å². The van der Waals surface area contributed by atoms with Crippen LogP contribution in [0.3, 0.4) is 0 Å². The van der Waals surface area contributed by atoms with Crippen LogP contribution in [0.5, 0.6) is 0 Å². The molecular formula is C12H17BrN2S. The molecule has 0 amide bonds. The number of thiophene rings is 1. The summed E-state index contributed by atoms with van der Waals surface area (Å²) in [6.07, 6.45) is 0. The molecular weight excluding hydrogens is 284 g/mol. The summed E-state index contributed by atoms with van der Waals surface area (Å²) in [5.41, 5.74) is 0. The van der Waals surface area contributed by atoms with Crippen molar-refractivity contribution in [2.45, 2.75) is 6.54 Å². The van der Waals surface area contributed by atoms with E-state index in [1.807, 2.05) is 11.3 Å². The number of fused-ring (bicyclic) bond motifs is 1. The summed E-state index contributed by atoms with van der Waals surface area (Å²) in [5, 5.41) is 2.18. The second-order valence-electron chi connectivity index (χ2n) is 5.17. The van der Waals surface area contributed by atoms with Crippen molar-refractivity contribution in [1.82, 2.24) is 9.80 Å². The molecule has 1 aromatic rings. The van der Waals surface area contributed by atoms with Gasteiger partial charge in [0.25, 0.3) is 0 Å². The van der Waals surface area contributed by atoms with E-state index in [1.165, 1.54) is 35.5 Å². The van der Waals surface area contributed by atoms with Gasteiger partial charge in [-0.2, -0.15) is 0 Å². The SMILES string of the molecule is CN1CC2CN(Cc3cc(Br)cs3)CC2C1. The van der Waals surface area contributed by atoms with Crippen LogP contribution in [0, 0.1) is 11.8 Å². The van der Waals surface area contributed by atoms with Crippen molar-refractivity contribution < 1.29 is 0 Å². The fraction of sp³-hybridized carbons (Fsp3) is 0.667. The Morgan fingerprint density at radius 2 is 2.00 bits per heavy atom. The number of rotatable bonds is 2. The standard InChI is InChI=1S/C12H17BrN2S/c1-14-3-9-5-15(6-10(9)4-14)7-12-2-11(13)8-16-12/h2,8-10H,3-7H2,1H3. The van der Waals surface area contributed by atoms with E-state index in [2.05, 4.69) is 44.2 Å². The summed E-state index contributed by atoms with van der Waals surface area (Å²) in [6.45, 7) is 6.34. The lowest BCUT2D eigenvalue weighted by Crippen LogP contribution is -2.26. The van der Waals surface area contributed by atoms with Crippen molar-refractivity contribution >= 4 is 27.3 Å². The lowest BCUT2D eigenvalue weighted by molar-refractivity contribution is 0.274. The molecule has 0 bridgehead atoms. The van der Waals surface area contributed by atoms with Crippen molar-refractivity contribution in [3.63, 3.8) is 0 Å². The Labute approximate surface area is 109 Å². The number of halogens is 1. The summed E-state index contributed by atoms with van der Waals surface area (Å²) in [4.78, 5) is 6.59. The topological polar surface area (TPSA) is 6.48 Å². The Bertz CT molecular complexity index is 365. The van der Waals surface area contributed by atoms with E-state index in [-0.39, 0.29) is 0 Å². The maximum atomic E-state index is 3.52. The molecule has 0 aliphatic carbocycles. The van der Waals surface area contributed by atoms with Crippen LogP contribution < -0.4 is 0 Å². The highest BCUT2D eigenvalue weighted by atomic mass is 79.9. The van der Waals surface area contributed by atoms with Gasteiger partial charge >= 0.3 is 0 Å². The van der Waals surface area contributed by atoms with Gasteiger partial charge < -0.3 is 4.90 Å². The van der Waals surface area contributed by atoms with Crippen LogP contribution in [0.4, 0.5) is 0 Å². The van der Waals surface area contributed by atoms with Crippen LogP contribution in [-0.4, -0.2) is 43.0 Å². The summed E-state index contributed by atoms with van der Waals surface area (Å²) in [5.74, 6) is 1.85. The number of hydrogen-bond donors (Lipinski definition) is 0. The monoisotopic (exact) mass is 300 g/mol. The second kappa shape index (κ2) is 4.41. The Balaban J connectivity index is 1.59. The molecule has 2 nitrogen and oxygen atoms in total. The maximum absolute atomic E-state index is 3.52. The third-order valence-corrected chi connectivity index (χ3v) is 5.43. The van der Waals surface area contributed by atoms with Crippen molar-refractivity contribution in [3.8, 4) is 0 Å². The molecule has 2 aliphatic heterocycles. The van der Waals surface area contributed by atoms with Gasteiger partial charge in [-0.1, -0.05) is 0 Å². The zero-order valence-corrected chi connectivity index (χ0v) is 11.9. The molecule has 0 saturated carbocycles. The van der Waals surface area contributed by atoms with Gasteiger partial charge in [0.15, 0.2) is 0 Å². The van der Waals surface area contributed by atoms with E-state index in [9.17, 15) is 0 Å². The quantitative estimate of drug-likeness (QED) is 0.828. The van der Waals surface area contributed by atoms with Gasteiger partial charge in [0, 0.05) is 47.5 Å². The third-order valence-electron chi connectivity index (χ3n) is 3.75. The lowest BCUT2D eigenvalue weighted by atomic mass is 10.0. The van der Waals surface area contributed by atoms with Crippen LogP contribution in [0.15, 0.2) is 15.9 Å². The Kier molecular flexibility index (Phi) is 3.09. The fourth-order valence-electron chi connectivity index (χ4n) is 3.11. The van der Waals surface area contributed by atoms with Crippen LogP contribution in [0.25, 0.3) is 0 Å². The van der Waals surface area contributed by atoms with Crippen molar-refractivity contribution in [2.24, 2.45) is 11.8 Å². The van der Waals surface area contributed by atoms with Crippen LogP contribution in [0.2, 0.25) is 0 Å². The highest BCUT2D eigenvalue weighted by Gasteiger charge is 2.38. The average molecular weight is 301 g/mol. The molecule has 4 heteroatoms. The molecule has 3 heterocycles. The Hall–Kier alpha value is 0.1000. The highest BCUT2D eigenvalue weighted by Crippen LogP contribution is 2.32. The Morgan fingerprint density at radius 1 is 1.31 bits per heavy atom. The molecule has 1 aromatic heterocycles. The molecule has 0 radical (unpaired) electrons. The van der Waals surface area contributed by atoms with E-state index < -0.39 is 0 Å². The third kappa shape index (κ3) is 2.21. The highest BCUT2D eigenvalue weighted by molar-refractivity contribution is 9.10. The van der Waals surface area contributed by atoms with E-state index in [0.717, 1.165) is 18.4 Å². The Morgan fingerprint density at radius 3 is 2.56 bits per heavy atom. The van der Waals surface area contributed by atoms with Crippen LogP contribution >= 0.6 is 27.3 Å². The smallest absolute Gasteiger partial charge is 0.0328 e. The molecule has 2 fully saturated rings. The van der Waals surface area contributed by atoms with E-state index in [0.29, 0.717) is 0 Å². The minimum Gasteiger partial charge on any atom is -0.306 e. The van der Waals surface area contributed by atoms with Gasteiger partial charge in [-0.3, -0.25) is 4.90 Å². The summed E-state index contributed by atoms with van der Waals surface area (Å²) < 4.78 is 1.23. The van der Waals surface area contributed by atoms with Crippen molar-refractivity contribution in [1.29, 1.82) is 0 Å². The number of hydrogen-bond acceptors (Lipinski definition) is 3. The van der Waals surface area contributed by atoms with Crippen molar-refractivity contribution in [2.75, 3.05) is 33.2 Å². The second-order valence-corrected chi connectivity index (χ2v) is 7.08. The first kappa shape index (κ1) is 11.2. The summed E-state index contributed by atoms with van der Waals surface area (Å²) in [6, 6.07) is 2.25. The van der Waals surface area contributed by atoms with Gasteiger partial charge in [-0.25, -0.2) is 0 Å². The molecule has 2 unspecified atom stereocenters. The van der Waals surface area contributed by atoms with Crippen LogP contribution in [0.1, 0.15) is 4.88 Å². The molecule has 2 aliphatic rings. The zero-order valence-electron chi connectivity index (χ0n) is 9.53. The normalized spacial score (nSPS) is 31.1. The largest absolute Gasteiger partial charge is 0.306 e. The van der Waals surface area contributed by atoms with Crippen LogP contribution in [-0.2, 0) is 6.54 Å².